The van der Waals surface area contributed by atoms with Crippen LogP contribution in [0.25, 0.3) is 0 Å². The number of carbonyl (C=O) groups is 2. The molecule has 1 saturated heterocycles. The van der Waals surface area contributed by atoms with Gasteiger partial charge in [0.1, 0.15) is 0 Å². The number of halogens is 1. The lowest BCUT2D eigenvalue weighted by atomic mass is 9.96. The zero-order valence-corrected chi connectivity index (χ0v) is 12.9. The Bertz CT molecular complexity index is 482. The number of hydrogen-bond donors (Lipinski definition) is 1. The molecule has 0 aliphatic carbocycles. The second-order valence-electron chi connectivity index (χ2n) is 4.99. The third-order valence-corrected chi connectivity index (χ3v) is 3.75. The fourth-order valence-electron chi connectivity index (χ4n) is 2.45. The molecule has 1 heterocycles. The number of methoxy groups -OCH3 is 1. The van der Waals surface area contributed by atoms with Crippen LogP contribution >= 0.6 is 12.4 Å². The molecule has 1 aliphatic heterocycles. The maximum Gasteiger partial charge on any atom is 0.308 e. The number of likely N-dealkylation sites (tertiary alicyclic amines) is 1. The van der Waals surface area contributed by atoms with Crippen molar-refractivity contribution in [2.24, 2.45) is 11.7 Å². The Balaban J connectivity index is 0.00000220. The quantitative estimate of drug-likeness (QED) is 0.860. The number of ether oxygens (including phenoxy) is 1. The molecule has 0 spiro atoms. The number of esters is 1. The molecule has 2 rings (SSSR count). The van der Waals surface area contributed by atoms with Gasteiger partial charge >= 0.3 is 5.97 Å². The van der Waals surface area contributed by atoms with Crippen LogP contribution in [0, 0.1) is 5.92 Å². The molecule has 21 heavy (non-hydrogen) atoms. The summed E-state index contributed by atoms with van der Waals surface area (Å²) in [5.74, 6) is -0.245. The van der Waals surface area contributed by atoms with E-state index < -0.39 is 0 Å². The van der Waals surface area contributed by atoms with E-state index in [1.165, 1.54) is 7.11 Å². The largest absolute Gasteiger partial charge is 0.469 e. The molecule has 0 bridgehead atoms. The smallest absolute Gasteiger partial charge is 0.308 e. The van der Waals surface area contributed by atoms with E-state index in [1.807, 2.05) is 12.1 Å². The average molecular weight is 313 g/mol. The van der Waals surface area contributed by atoms with Gasteiger partial charge in [-0.1, -0.05) is 12.1 Å². The van der Waals surface area contributed by atoms with Crippen molar-refractivity contribution in [2.75, 3.05) is 20.2 Å². The van der Waals surface area contributed by atoms with Crippen molar-refractivity contribution in [1.29, 1.82) is 0 Å². The van der Waals surface area contributed by atoms with E-state index in [-0.39, 0.29) is 30.2 Å². The summed E-state index contributed by atoms with van der Waals surface area (Å²) in [5, 5.41) is 0. The van der Waals surface area contributed by atoms with Crippen molar-refractivity contribution in [2.45, 2.75) is 19.4 Å². The zero-order chi connectivity index (χ0) is 14.5. The Morgan fingerprint density at radius 1 is 1.24 bits per heavy atom. The Morgan fingerprint density at radius 3 is 2.29 bits per heavy atom. The highest BCUT2D eigenvalue weighted by Crippen LogP contribution is 2.20. The molecule has 1 aliphatic rings. The number of hydrogen-bond acceptors (Lipinski definition) is 4. The number of nitrogens with zero attached hydrogens (tertiary/aromatic N) is 1. The predicted octanol–water partition coefficient (Wildman–Crippen LogP) is 1.59. The van der Waals surface area contributed by atoms with Crippen molar-refractivity contribution in [3.63, 3.8) is 0 Å². The molecule has 0 saturated carbocycles. The first-order chi connectivity index (χ1) is 9.65. The van der Waals surface area contributed by atoms with Crippen molar-refractivity contribution in [3.05, 3.63) is 35.4 Å². The third-order valence-electron chi connectivity index (χ3n) is 3.75. The SMILES string of the molecule is COC(=O)C1CCN(C(=O)c2ccc(CN)cc2)CC1.Cl. The van der Waals surface area contributed by atoms with Crippen LogP contribution in [-0.2, 0) is 16.1 Å². The standard InChI is InChI=1S/C15H20N2O3.ClH/c1-20-15(19)13-6-8-17(9-7-13)14(18)12-4-2-11(10-16)3-5-12;/h2-5,13H,6-10,16H2,1H3;1H. The first-order valence-corrected chi connectivity index (χ1v) is 6.82. The molecule has 1 fully saturated rings. The number of rotatable bonds is 3. The van der Waals surface area contributed by atoms with E-state index in [9.17, 15) is 9.59 Å². The van der Waals surface area contributed by atoms with Crippen molar-refractivity contribution in [3.8, 4) is 0 Å². The van der Waals surface area contributed by atoms with Crippen LogP contribution < -0.4 is 5.73 Å². The molecule has 1 aromatic rings. The summed E-state index contributed by atoms with van der Waals surface area (Å²) in [4.78, 5) is 25.6. The molecule has 0 atom stereocenters. The fourth-order valence-corrected chi connectivity index (χ4v) is 2.45. The third kappa shape index (κ3) is 4.19. The van der Waals surface area contributed by atoms with Gasteiger partial charge in [0.05, 0.1) is 13.0 Å². The molecule has 116 valence electrons. The van der Waals surface area contributed by atoms with Crippen molar-refractivity contribution >= 4 is 24.3 Å². The fraction of sp³-hybridized carbons (Fsp3) is 0.467. The first-order valence-electron chi connectivity index (χ1n) is 6.82. The van der Waals surface area contributed by atoms with Crippen LogP contribution in [-0.4, -0.2) is 37.0 Å². The van der Waals surface area contributed by atoms with Crippen LogP contribution in [0.4, 0.5) is 0 Å². The van der Waals surface area contributed by atoms with E-state index in [0.717, 1.165) is 5.56 Å². The number of carbonyl (C=O) groups excluding carboxylic acids is 2. The monoisotopic (exact) mass is 312 g/mol. The predicted molar refractivity (Wildman–Crippen MR) is 82.2 cm³/mol. The molecular weight excluding hydrogens is 292 g/mol. The summed E-state index contributed by atoms with van der Waals surface area (Å²) in [6.07, 6.45) is 1.33. The number of amides is 1. The van der Waals surface area contributed by atoms with Gasteiger partial charge in [-0.3, -0.25) is 9.59 Å². The molecule has 0 unspecified atom stereocenters. The maximum absolute atomic E-state index is 12.3. The number of piperidine rings is 1. The summed E-state index contributed by atoms with van der Waals surface area (Å²) in [5.41, 5.74) is 7.21. The van der Waals surface area contributed by atoms with Crippen LogP contribution in [0.3, 0.4) is 0 Å². The van der Waals surface area contributed by atoms with Crippen LogP contribution in [0.15, 0.2) is 24.3 Å². The molecule has 5 nitrogen and oxygen atoms in total. The molecule has 1 amide bonds. The van der Waals surface area contributed by atoms with Gasteiger partial charge in [-0.2, -0.15) is 0 Å². The lowest BCUT2D eigenvalue weighted by Gasteiger charge is -2.30. The lowest BCUT2D eigenvalue weighted by molar-refractivity contribution is -0.146. The Morgan fingerprint density at radius 2 is 1.81 bits per heavy atom. The number of benzene rings is 1. The second kappa shape index (κ2) is 8.00. The summed E-state index contributed by atoms with van der Waals surface area (Å²) >= 11 is 0. The Kier molecular flexibility index (Phi) is 6.65. The van der Waals surface area contributed by atoms with E-state index >= 15 is 0 Å². The highest BCUT2D eigenvalue weighted by atomic mass is 35.5. The van der Waals surface area contributed by atoms with Gasteiger partial charge < -0.3 is 15.4 Å². The Hall–Kier alpha value is -1.59. The van der Waals surface area contributed by atoms with Gasteiger partial charge in [-0.15, -0.1) is 12.4 Å². The van der Waals surface area contributed by atoms with E-state index in [4.69, 9.17) is 10.5 Å². The van der Waals surface area contributed by atoms with Gasteiger partial charge in [0, 0.05) is 25.2 Å². The molecule has 2 N–H and O–H groups in total. The minimum absolute atomic E-state index is 0. The van der Waals surface area contributed by atoms with Gasteiger partial charge in [0.25, 0.3) is 5.91 Å². The maximum atomic E-state index is 12.3. The van der Waals surface area contributed by atoms with Crippen LogP contribution in [0.5, 0.6) is 0 Å². The van der Waals surface area contributed by atoms with Gasteiger partial charge in [-0.25, -0.2) is 0 Å². The lowest BCUT2D eigenvalue weighted by Crippen LogP contribution is -2.40. The normalized spacial score (nSPS) is 15.2. The van der Waals surface area contributed by atoms with Gasteiger partial charge in [0.2, 0.25) is 0 Å². The highest BCUT2D eigenvalue weighted by molar-refractivity contribution is 5.94. The highest BCUT2D eigenvalue weighted by Gasteiger charge is 2.28. The Labute approximate surface area is 130 Å². The van der Waals surface area contributed by atoms with E-state index in [0.29, 0.717) is 38.0 Å². The number of nitrogens with two attached hydrogens (primary N) is 1. The molecular formula is C15H21ClN2O3. The first kappa shape index (κ1) is 17.5. The van der Waals surface area contributed by atoms with E-state index in [2.05, 4.69) is 0 Å². The molecule has 1 aromatic carbocycles. The van der Waals surface area contributed by atoms with Crippen LogP contribution in [0.1, 0.15) is 28.8 Å². The zero-order valence-electron chi connectivity index (χ0n) is 12.1. The molecule has 0 radical (unpaired) electrons. The second-order valence-corrected chi connectivity index (χ2v) is 4.99. The summed E-state index contributed by atoms with van der Waals surface area (Å²) in [6, 6.07) is 7.34. The molecule has 0 aromatic heterocycles. The van der Waals surface area contributed by atoms with Crippen LogP contribution in [0.2, 0.25) is 0 Å². The minimum atomic E-state index is -0.176. The summed E-state index contributed by atoms with van der Waals surface area (Å²) < 4.78 is 4.74. The average Bonchev–Trinajstić information content (AvgIpc) is 2.53. The topological polar surface area (TPSA) is 72.6 Å². The summed E-state index contributed by atoms with van der Waals surface area (Å²) in [6.45, 7) is 1.66. The van der Waals surface area contributed by atoms with Gasteiger partial charge in [-0.05, 0) is 30.5 Å². The van der Waals surface area contributed by atoms with Crippen molar-refractivity contribution < 1.29 is 14.3 Å². The molecule has 6 heteroatoms. The van der Waals surface area contributed by atoms with E-state index in [1.54, 1.807) is 17.0 Å². The summed E-state index contributed by atoms with van der Waals surface area (Å²) in [7, 11) is 1.40. The van der Waals surface area contributed by atoms with Gasteiger partial charge in [0.15, 0.2) is 0 Å². The van der Waals surface area contributed by atoms with Crippen molar-refractivity contribution in [1.82, 2.24) is 4.90 Å². The minimum Gasteiger partial charge on any atom is -0.469 e.